The van der Waals surface area contributed by atoms with Gasteiger partial charge in [-0.25, -0.2) is 0 Å². The van der Waals surface area contributed by atoms with Crippen LogP contribution in [0.4, 0.5) is 0 Å². The minimum atomic E-state index is -0.443. The fourth-order valence-corrected chi connectivity index (χ4v) is 2.59. The number of Topliss-reactive ketones (excluding diaryl/α,β-unsaturated/α-hetero) is 1. The van der Waals surface area contributed by atoms with Crippen LogP contribution in [0.3, 0.4) is 0 Å². The molecule has 0 heterocycles. The van der Waals surface area contributed by atoms with E-state index in [1.54, 1.807) is 0 Å². The molecule has 2 aromatic carbocycles. The molecule has 0 amide bonds. The second kappa shape index (κ2) is 8.34. The van der Waals surface area contributed by atoms with Gasteiger partial charge in [-0.05, 0) is 18.9 Å². The first-order chi connectivity index (χ1) is 11.2. The highest BCUT2D eigenvalue weighted by molar-refractivity contribution is 5.97. The monoisotopic (exact) mass is 304 g/mol. The molecule has 0 fully saturated rings. The maximum atomic E-state index is 12.7. The summed E-state index contributed by atoms with van der Waals surface area (Å²) in [5.74, 6) is 6.80. The predicted octanol–water partition coefficient (Wildman–Crippen LogP) is 5.41. The summed E-state index contributed by atoms with van der Waals surface area (Å²) in [6, 6.07) is 19.6. The highest BCUT2D eigenvalue weighted by atomic mass is 16.1. The van der Waals surface area contributed by atoms with Gasteiger partial charge in [-0.1, -0.05) is 79.9 Å². The smallest absolute Gasteiger partial charge is 0.164 e. The number of rotatable bonds is 6. The van der Waals surface area contributed by atoms with Gasteiger partial charge in [0, 0.05) is 18.4 Å². The number of hydrogen-bond donors (Lipinski definition) is 0. The molecular weight excluding hydrogens is 280 g/mol. The number of hydrogen-bond acceptors (Lipinski definition) is 1. The van der Waals surface area contributed by atoms with Gasteiger partial charge in [-0.3, -0.25) is 4.79 Å². The maximum absolute atomic E-state index is 12.7. The molecule has 0 saturated heterocycles. The zero-order chi connectivity index (χ0) is 16.5. The topological polar surface area (TPSA) is 17.1 Å². The Morgan fingerprint density at radius 3 is 2.22 bits per heavy atom. The Balaban J connectivity index is 2.26. The molecule has 0 aliphatic carbocycles. The zero-order valence-corrected chi connectivity index (χ0v) is 14.0. The molecule has 2 rings (SSSR count). The molecule has 0 saturated carbocycles. The van der Waals surface area contributed by atoms with Crippen LogP contribution in [0.5, 0.6) is 0 Å². The number of carbonyl (C=O) groups is 1. The summed E-state index contributed by atoms with van der Waals surface area (Å²) in [4.78, 5) is 12.7. The van der Waals surface area contributed by atoms with Crippen molar-refractivity contribution in [3.05, 3.63) is 71.8 Å². The van der Waals surface area contributed by atoms with E-state index in [0.29, 0.717) is 6.42 Å². The summed E-state index contributed by atoms with van der Waals surface area (Å²) < 4.78 is 0. The largest absolute Gasteiger partial charge is 0.294 e. The molecule has 1 unspecified atom stereocenters. The van der Waals surface area contributed by atoms with Gasteiger partial charge < -0.3 is 0 Å². The number of unbranched alkanes of at least 4 members (excludes halogenated alkanes) is 2. The maximum Gasteiger partial charge on any atom is 0.164 e. The number of ketones is 1. The third kappa shape index (κ3) is 4.83. The van der Waals surface area contributed by atoms with Crippen LogP contribution >= 0.6 is 0 Å². The average Bonchev–Trinajstić information content (AvgIpc) is 2.60. The van der Waals surface area contributed by atoms with Crippen LogP contribution in [-0.4, -0.2) is 5.78 Å². The molecule has 0 aromatic heterocycles. The van der Waals surface area contributed by atoms with Crippen molar-refractivity contribution in [2.75, 3.05) is 0 Å². The van der Waals surface area contributed by atoms with Crippen molar-refractivity contribution >= 4 is 5.78 Å². The van der Waals surface area contributed by atoms with Crippen LogP contribution < -0.4 is 0 Å². The predicted molar refractivity (Wildman–Crippen MR) is 96.5 cm³/mol. The normalized spacial score (nSPS) is 12.8. The fraction of sp³-hybridized carbons (Fsp3) is 0.318. The van der Waals surface area contributed by atoms with E-state index in [4.69, 9.17) is 0 Å². The fourth-order valence-electron chi connectivity index (χ4n) is 2.59. The minimum Gasteiger partial charge on any atom is -0.294 e. The van der Waals surface area contributed by atoms with E-state index in [1.807, 2.05) is 48.5 Å². The Morgan fingerprint density at radius 2 is 1.61 bits per heavy atom. The Kier molecular flexibility index (Phi) is 6.18. The lowest BCUT2D eigenvalue weighted by Crippen LogP contribution is -2.24. The first kappa shape index (κ1) is 17.0. The molecule has 0 N–H and O–H groups in total. The molecule has 0 aliphatic heterocycles. The summed E-state index contributed by atoms with van der Waals surface area (Å²) in [7, 11) is 0. The molecule has 0 radical (unpaired) electrons. The molecule has 1 heteroatoms. The lowest BCUT2D eigenvalue weighted by molar-refractivity contribution is 0.0965. The van der Waals surface area contributed by atoms with Crippen LogP contribution in [0.1, 0.15) is 55.5 Å². The second-order valence-corrected chi connectivity index (χ2v) is 6.07. The highest BCUT2D eigenvalue weighted by Gasteiger charge is 2.28. The van der Waals surface area contributed by atoms with Gasteiger partial charge in [-0.15, -0.1) is 5.92 Å². The summed E-state index contributed by atoms with van der Waals surface area (Å²) in [6.07, 6.45) is 3.53. The van der Waals surface area contributed by atoms with Crippen molar-refractivity contribution in [2.45, 2.75) is 44.9 Å². The van der Waals surface area contributed by atoms with Crippen LogP contribution in [0.2, 0.25) is 0 Å². The van der Waals surface area contributed by atoms with E-state index < -0.39 is 5.41 Å². The molecular formula is C22H24O. The Hall–Kier alpha value is -2.33. The van der Waals surface area contributed by atoms with Crippen molar-refractivity contribution in [1.29, 1.82) is 0 Å². The second-order valence-electron chi connectivity index (χ2n) is 6.07. The van der Waals surface area contributed by atoms with Crippen molar-refractivity contribution < 1.29 is 4.79 Å². The first-order valence-corrected chi connectivity index (χ1v) is 8.29. The number of carbonyl (C=O) groups excluding carboxylic acids is 1. The van der Waals surface area contributed by atoms with E-state index in [2.05, 4.69) is 37.8 Å². The third-order valence-corrected chi connectivity index (χ3v) is 4.04. The van der Waals surface area contributed by atoms with Gasteiger partial charge in [0.05, 0.1) is 5.41 Å². The van der Waals surface area contributed by atoms with E-state index in [1.165, 1.54) is 0 Å². The van der Waals surface area contributed by atoms with Gasteiger partial charge in [0.25, 0.3) is 0 Å². The van der Waals surface area contributed by atoms with Crippen molar-refractivity contribution in [3.63, 3.8) is 0 Å². The van der Waals surface area contributed by atoms with Gasteiger partial charge in [-0.2, -0.15) is 0 Å². The van der Waals surface area contributed by atoms with Crippen molar-refractivity contribution in [2.24, 2.45) is 0 Å². The Morgan fingerprint density at radius 1 is 1.00 bits per heavy atom. The zero-order valence-electron chi connectivity index (χ0n) is 14.0. The lowest BCUT2D eigenvalue weighted by atomic mass is 9.77. The van der Waals surface area contributed by atoms with E-state index in [9.17, 15) is 4.79 Å². The van der Waals surface area contributed by atoms with Gasteiger partial charge >= 0.3 is 0 Å². The van der Waals surface area contributed by atoms with E-state index in [-0.39, 0.29) is 5.78 Å². The Bertz CT molecular complexity index is 676. The molecule has 23 heavy (non-hydrogen) atoms. The molecule has 1 nitrogen and oxygen atoms in total. The number of benzene rings is 2. The highest BCUT2D eigenvalue weighted by Crippen LogP contribution is 2.28. The van der Waals surface area contributed by atoms with E-state index in [0.717, 1.165) is 30.4 Å². The first-order valence-electron chi connectivity index (χ1n) is 8.29. The minimum absolute atomic E-state index is 0.141. The standard InChI is InChI=1S/C22H24O/c1-3-4-5-12-17-22(2,20-15-10-7-11-16-20)18-21(23)19-13-8-6-9-14-19/h6-11,13-16H,3-5,18H2,1-2H3. The summed E-state index contributed by atoms with van der Waals surface area (Å²) in [5, 5.41) is 0. The summed E-state index contributed by atoms with van der Waals surface area (Å²) >= 11 is 0. The van der Waals surface area contributed by atoms with Crippen LogP contribution in [0.25, 0.3) is 0 Å². The van der Waals surface area contributed by atoms with Crippen molar-refractivity contribution in [3.8, 4) is 11.8 Å². The third-order valence-electron chi connectivity index (χ3n) is 4.04. The van der Waals surface area contributed by atoms with Crippen molar-refractivity contribution in [1.82, 2.24) is 0 Å². The van der Waals surface area contributed by atoms with Crippen LogP contribution in [0.15, 0.2) is 60.7 Å². The lowest BCUT2D eigenvalue weighted by Gasteiger charge is -2.23. The quantitative estimate of drug-likeness (QED) is 0.396. The van der Waals surface area contributed by atoms with Crippen LogP contribution in [-0.2, 0) is 5.41 Å². The summed E-state index contributed by atoms with van der Waals surface area (Å²) in [6.45, 7) is 4.24. The SMILES string of the molecule is CCCCC#CC(C)(CC(=O)c1ccccc1)c1ccccc1. The summed E-state index contributed by atoms with van der Waals surface area (Å²) in [5.41, 5.74) is 1.42. The molecule has 118 valence electrons. The van der Waals surface area contributed by atoms with Gasteiger partial charge in [0.1, 0.15) is 0 Å². The molecule has 0 spiro atoms. The molecule has 0 bridgehead atoms. The molecule has 2 aromatic rings. The molecule has 0 aliphatic rings. The Labute approximate surface area is 139 Å². The van der Waals surface area contributed by atoms with Gasteiger partial charge in [0.2, 0.25) is 0 Å². The van der Waals surface area contributed by atoms with Gasteiger partial charge in [0.15, 0.2) is 5.78 Å². The van der Waals surface area contributed by atoms with E-state index >= 15 is 0 Å². The van der Waals surface area contributed by atoms with Crippen LogP contribution in [0, 0.1) is 11.8 Å². The molecule has 1 atom stereocenters. The average molecular weight is 304 g/mol.